The van der Waals surface area contributed by atoms with Crippen LogP contribution in [0.15, 0.2) is 0 Å². The Balaban J connectivity index is 1.76. The van der Waals surface area contributed by atoms with E-state index in [-0.39, 0.29) is 36.1 Å². The summed E-state index contributed by atoms with van der Waals surface area (Å²) in [4.78, 5) is 0. The molecule has 1 N–H and O–H groups in total. The van der Waals surface area contributed by atoms with Crippen LogP contribution in [0.5, 0.6) is 0 Å². The van der Waals surface area contributed by atoms with Gasteiger partial charge in [0.15, 0.2) is 20.4 Å². The third-order valence-corrected chi connectivity index (χ3v) is 13.5. The van der Waals surface area contributed by atoms with Crippen LogP contribution >= 0.6 is 0 Å². The summed E-state index contributed by atoms with van der Waals surface area (Å²) in [5, 5.41) is 10.2. The predicted molar refractivity (Wildman–Crippen MR) is 142 cm³/mol. The molecule has 3 rings (SSSR count). The molecule has 0 spiro atoms. The van der Waals surface area contributed by atoms with E-state index >= 15 is 0 Å². The van der Waals surface area contributed by atoms with Crippen LogP contribution in [0.2, 0.25) is 18.1 Å². The second-order valence-corrected chi connectivity index (χ2v) is 17.3. The van der Waals surface area contributed by atoms with Crippen LogP contribution in [-0.4, -0.2) is 64.1 Å². The van der Waals surface area contributed by atoms with Crippen molar-refractivity contribution in [2.75, 3.05) is 26.4 Å². The molecule has 3 aliphatic rings. The summed E-state index contributed by atoms with van der Waals surface area (Å²) in [6.45, 7) is 16.1. The van der Waals surface area contributed by atoms with Crippen molar-refractivity contribution in [2.24, 2.45) is 11.8 Å². The Hall–Kier alpha value is -0.0231. The van der Waals surface area contributed by atoms with Gasteiger partial charge in [0.25, 0.3) is 0 Å². The van der Waals surface area contributed by atoms with Crippen molar-refractivity contribution in [3.63, 3.8) is 0 Å². The number of aliphatic hydroxyl groups is 1. The lowest BCUT2D eigenvalue weighted by atomic mass is 9.85. The summed E-state index contributed by atoms with van der Waals surface area (Å²) in [6, 6.07) is 0. The van der Waals surface area contributed by atoms with Gasteiger partial charge < -0.3 is 28.5 Å². The van der Waals surface area contributed by atoms with Gasteiger partial charge in [-0.25, -0.2) is 0 Å². The van der Waals surface area contributed by atoms with E-state index in [9.17, 15) is 5.11 Å². The standard InChI is InChI=1S/C28H54O6Si/c1-7-8-10-15-28(31-19-20-32-28)16-13-22-23(14-17-29)25(34-35(5,6)27(2,3)4)21-24(22)33-26-12-9-11-18-30-26/h22-26,29H,7-21H2,1-6H3/t22-,23+,24-,25+,26?/m1/s1. The highest BCUT2D eigenvalue weighted by Crippen LogP contribution is 2.47. The van der Waals surface area contributed by atoms with E-state index in [4.69, 9.17) is 23.4 Å². The number of rotatable bonds is 13. The van der Waals surface area contributed by atoms with Crippen molar-refractivity contribution < 1.29 is 28.5 Å². The lowest BCUT2D eigenvalue weighted by Gasteiger charge is -2.40. The molecule has 35 heavy (non-hydrogen) atoms. The second kappa shape index (κ2) is 13.2. The summed E-state index contributed by atoms with van der Waals surface area (Å²) in [7, 11) is -1.96. The van der Waals surface area contributed by atoms with Gasteiger partial charge in [0.1, 0.15) is 0 Å². The Morgan fingerprint density at radius 3 is 2.26 bits per heavy atom. The average Bonchev–Trinajstić information content (AvgIpc) is 3.38. The first-order valence-corrected chi connectivity index (χ1v) is 17.4. The van der Waals surface area contributed by atoms with Gasteiger partial charge in [0, 0.05) is 26.1 Å². The van der Waals surface area contributed by atoms with Crippen LogP contribution in [0.1, 0.15) is 98.3 Å². The SMILES string of the molecule is CCCCCC1(CC[C@@H]2[C@H](CCO)[C@@H](O[Si](C)(C)C(C)(C)C)C[C@H]2OC2CCCCO2)OCCO1. The third kappa shape index (κ3) is 7.98. The summed E-state index contributed by atoms with van der Waals surface area (Å²) >= 11 is 0. The molecule has 0 aromatic carbocycles. The van der Waals surface area contributed by atoms with Gasteiger partial charge in [-0.2, -0.15) is 0 Å². The molecule has 0 aromatic rings. The fourth-order valence-electron chi connectivity index (χ4n) is 5.88. The summed E-state index contributed by atoms with van der Waals surface area (Å²) in [6.07, 6.45) is 11.3. The first-order valence-electron chi connectivity index (χ1n) is 14.4. The Morgan fingerprint density at radius 1 is 0.943 bits per heavy atom. The smallest absolute Gasteiger partial charge is 0.192 e. The topological polar surface area (TPSA) is 66.4 Å². The maximum Gasteiger partial charge on any atom is 0.192 e. The molecular formula is C28H54O6Si. The normalized spacial score (nSPS) is 31.8. The maximum absolute atomic E-state index is 10.0. The van der Waals surface area contributed by atoms with Crippen molar-refractivity contribution in [3.05, 3.63) is 0 Å². The molecule has 1 aliphatic carbocycles. The Kier molecular flexibility index (Phi) is 11.1. The van der Waals surface area contributed by atoms with E-state index in [1.807, 2.05) is 0 Å². The quantitative estimate of drug-likeness (QED) is 0.226. The van der Waals surface area contributed by atoms with Crippen LogP contribution in [-0.2, 0) is 23.4 Å². The van der Waals surface area contributed by atoms with Crippen LogP contribution in [0.25, 0.3) is 0 Å². The van der Waals surface area contributed by atoms with Crippen molar-refractivity contribution in [1.82, 2.24) is 0 Å². The minimum Gasteiger partial charge on any atom is -0.414 e. The maximum atomic E-state index is 10.0. The van der Waals surface area contributed by atoms with Gasteiger partial charge in [-0.05, 0) is 74.9 Å². The van der Waals surface area contributed by atoms with Crippen LogP contribution in [0.3, 0.4) is 0 Å². The minimum atomic E-state index is -1.96. The molecule has 0 bridgehead atoms. The monoisotopic (exact) mass is 514 g/mol. The molecule has 2 saturated heterocycles. The zero-order valence-corrected chi connectivity index (χ0v) is 24.5. The van der Waals surface area contributed by atoms with E-state index in [0.29, 0.717) is 19.1 Å². The number of hydrogen-bond acceptors (Lipinski definition) is 6. The average molecular weight is 515 g/mol. The zero-order valence-electron chi connectivity index (χ0n) is 23.5. The van der Waals surface area contributed by atoms with Crippen molar-refractivity contribution in [2.45, 2.75) is 141 Å². The predicted octanol–water partition coefficient (Wildman–Crippen LogP) is 6.41. The largest absolute Gasteiger partial charge is 0.414 e. The summed E-state index contributed by atoms with van der Waals surface area (Å²) in [5.41, 5.74) is 0. The first kappa shape index (κ1) is 29.5. The van der Waals surface area contributed by atoms with E-state index in [1.165, 1.54) is 12.8 Å². The number of ether oxygens (including phenoxy) is 4. The first-order chi connectivity index (χ1) is 16.6. The third-order valence-electron chi connectivity index (χ3n) is 8.98. The molecular weight excluding hydrogens is 460 g/mol. The Labute approximate surface area is 215 Å². The lowest BCUT2D eigenvalue weighted by molar-refractivity contribution is -0.201. The Bertz CT molecular complexity index is 609. The van der Waals surface area contributed by atoms with Gasteiger partial charge in [-0.1, -0.05) is 40.5 Å². The van der Waals surface area contributed by atoms with E-state index in [2.05, 4.69) is 40.8 Å². The molecule has 1 unspecified atom stereocenters. The molecule has 2 aliphatic heterocycles. The minimum absolute atomic E-state index is 0.0820. The lowest BCUT2D eigenvalue weighted by Crippen LogP contribution is -2.45. The fraction of sp³-hybridized carbons (Fsp3) is 1.00. The highest BCUT2D eigenvalue weighted by molar-refractivity contribution is 6.74. The van der Waals surface area contributed by atoms with Crippen LogP contribution in [0.4, 0.5) is 0 Å². The molecule has 7 heteroatoms. The second-order valence-electron chi connectivity index (χ2n) is 12.6. The fourth-order valence-corrected chi connectivity index (χ4v) is 7.26. The molecule has 3 fully saturated rings. The molecule has 2 heterocycles. The number of unbranched alkanes of at least 4 members (excludes halogenated alkanes) is 2. The van der Waals surface area contributed by atoms with Crippen LogP contribution < -0.4 is 0 Å². The van der Waals surface area contributed by atoms with Crippen molar-refractivity contribution in [1.29, 1.82) is 0 Å². The van der Waals surface area contributed by atoms with Gasteiger partial charge >= 0.3 is 0 Å². The molecule has 0 amide bonds. The zero-order chi connectivity index (χ0) is 25.5. The summed E-state index contributed by atoms with van der Waals surface area (Å²) in [5.74, 6) is 0.124. The van der Waals surface area contributed by atoms with E-state index < -0.39 is 14.1 Å². The highest BCUT2D eigenvalue weighted by atomic mass is 28.4. The number of hydrogen-bond donors (Lipinski definition) is 1. The van der Waals surface area contributed by atoms with Gasteiger partial charge in [-0.15, -0.1) is 0 Å². The molecule has 1 saturated carbocycles. The van der Waals surface area contributed by atoms with Crippen LogP contribution in [0, 0.1) is 11.8 Å². The van der Waals surface area contributed by atoms with Gasteiger partial charge in [-0.3, -0.25) is 0 Å². The van der Waals surface area contributed by atoms with Crippen molar-refractivity contribution in [3.8, 4) is 0 Å². The van der Waals surface area contributed by atoms with Crippen molar-refractivity contribution >= 4 is 8.32 Å². The highest BCUT2D eigenvalue weighted by Gasteiger charge is 2.50. The van der Waals surface area contributed by atoms with Gasteiger partial charge in [0.2, 0.25) is 0 Å². The molecule has 0 aromatic heterocycles. The number of aliphatic hydroxyl groups excluding tert-OH is 1. The Morgan fingerprint density at radius 2 is 1.66 bits per heavy atom. The van der Waals surface area contributed by atoms with E-state index in [1.54, 1.807) is 0 Å². The molecule has 0 radical (unpaired) electrons. The molecule has 5 atom stereocenters. The molecule has 206 valence electrons. The van der Waals surface area contributed by atoms with Gasteiger partial charge in [0.05, 0.1) is 25.4 Å². The molecule has 6 nitrogen and oxygen atoms in total. The van der Waals surface area contributed by atoms with E-state index in [0.717, 1.165) is 64.4 Å². The summed E-state index contributed by atoms with van der Waals surface area (Å²) < 4.78 is 32.1.